The van der Waals surface area contributed by atoms with Gasteiger partial charge in [-0.2, -0.15) is 0 Å². The van der Waals surface area contributed by atoms with Gasteiger partial charge < -0.3 is 10.3 Å². The van der Waals surface area contributed by atoms with Gasteiger partial charge in [0.1, 0.15) is 0 Å². The highest BCUT2D eigenvalue weighted by atomic mass is 35.5. The molecule has 5 nitrogen and oxygen atoms in total. The fourth-order valence-electron chi connectivity index (χ4n) is 2.77. The number of nitrogens with two attached hydrogens (primary N) is 1. The number of piperazine rings is 1. The van der Waals surface area contributed by atoms with Crippen molar-refractivity contribution in [3.63, 3.8) is 0 Å². The van der Waals surface area contributed by atoms with Crippen LogP contribution in [0.1, 0.15) is 17.0 Å². The van der Waals surface area contributed by atoms with Crippen molar-refractivity contribution < 1.29 is 4.52 Å². The van der Waals surface area contributed by atoms with Crippen LogP contribution < -0.4 is 5.73 Å². The normalized spacial score (nSPS) is 15.7. The number of hydrogen-bond donors (Lipinski definition) is 1. The van der Waals surface area contributed by atoms with Gasteiger partial charge >= 0.3 is 0 Å². The van der Waals surface area contributed by atoms with E-state index >= 15 is 0 Å². The first-order valence-corrected chi connectivity index (χ1v) is 7.40. The van der Waals surface area contributed by atoms with E-state index in [4.69, 9.17) is 10.3 Å². The Morgan fingerprint density at radius 2 is 1.70 bits per heavy atom. The summed E-state index contributed by atoms with van der Waals surface area (Å²) < 4.78 is 5.28. The van der Waals surface area contributed by atoms with E-state index in [2.05, 4.69) is 27.1 Å². The van der Waals surface area contributed by atoms with Crippen LogP contribution in [0.3, 0.4) is 0 Å². The molecule has 0 saturated carbocycles. The molecule has 1 aliphatic rings. The number of hydrogen-bond acceptors (Lipinski definition) is 5. The van der Waals surface area contributed by atoms with Gasteiger partial charge in [0.2, 0.25) is 0 Å². The molecule has 0 unspecified atom stereocenters. The SMILES string of the molecule is Cc1cc(CN2CCN(Cc3cccc(N)c3)CC2)on1.Cl.Cl. The highest BCUT2D eigenvalue weighted by molar-refractivity contribution is 5.85. The Balaban J connectivity index is 0.00000132. The third-order valence-electron chi connectivity index (χ3n) is 3.88. The van der Waals surface area contributed by atoms with Gasteiger partial charge in [0.05, 0.1) is 12.2 Å². The number of benzene rings is 1. The fraction of sp³-hybridized carbons (Fsp3) is 0.438. The van der Waals surface area contributed by atoms with Crippen LogP contribution in [0.2, 0.25) is 0 Å². The number of aromatic nitrogens is 1. The number of nitrogens with zero attached hydrogens (tertiary/aromatic N) is 3. The van der Waals surface area contributed by atoms with Crippen molar-refractivity contribution in [2.24, 2.45) is 0 Å². The molecule has 1 aliphatic heterocycles. The van der Waals surface area contributed by atoms with E-state index in [1.165, 1.54) is 5.56 Å². The molecule has 23 heavy (non-hydrogen) atoms. The molecule has 0 radical (unpaired) electrons. The van der Waals surface area contributed by atoms with E-state index < -0.39 is 0 Å². The van der Waals surface area contributed by atoms with Gasteiger partial charge in [0.15, 0.2) is 5.76 Å². The maximum Gasteiger partial charge on any atom is 0.150 e. The second-order valence-corrected chi connectivity index (χ2v) is 5.73. The number of halogens is 2. The predicted octanol–water partition coefficient (Wildman–Crippen LogP) is 2.73. The Morgan fingerprint density at radius 1 is 1.04 bits per heavy atom. The summed E-state index contributed by atoms with van der Waals surface area (Å²) in [6.45, 7) is 8.04. The number of anilines is 1. The van der Waals surface area contributed by atoms with Crippen molar-refractivity contribution in [1.82, 2.24) is 15.0 Å². The first-order chi connectivity index (χ1) is 10.2. The number of rotatable bonds is 4. The molecule has 1 aromatic carbocycles. The molecule has 2 aromatic rings. The number of aryl methyl sites for hydroxylation is 1. The zero-order valence-electron chi connectivity index (χ0n) is 13.3. The lowest BCUT2D eigenvalue weighted by Crippen LogP contribution is -2.45. The highest BCUT2D eigenvalue weighted by Crippen LogP contribution is 2.13. The van der Waals surface area contributed by atoms with Gasteiger partial charge in [-0.3, -0.25) is 9.80 Å². The lowest BCUT2D eigenvalue weighted by atomic mass is 10.1. The second kappa shape index (κ2) is 9.13. The molecule has 0 atom stereocenters. The van der Waals surface area contributed by atoms with Crippen molar-refractivity contribution in [2.45, 2.75) is 20.0 Å². The Labute approximate surface area is 149 Å². The first-order valence-electron chi connectivity index (χ1n) is 7.40. The van der Waals surface area contributed by atoms with Crippen molar-refractivity contribution in [3.05, 3.63) is 47.3 Å². The van der Waals surface area contributed by atoms with Crippen LogP contribution in [0.5, 0.6) is 0 Å². The van der Waals surface area contributed by atoms with E-state index in [1.54, 1.807) is 0 Å². The molecular formula is C16H24Cl2N4O. The summed E-state index contributed by atoms with van der Waals surface area (Å²) in [6.07, 6.45) is 0. The predicted molar refractivity (Wildman–Crippen MR) is 97.1 cm³/mol. The van der Waals surface area contributed by atoms with Crippen LogP contribution in [0.25, 0.3) is 0 Å². The van der Waals surface area contributed by atoms with E-state index in [-0.39, 0.29) is 24.8 Å². The molecule has 2 heterocycles. The van der Waals surface area contributed by atoms with Crippen LogP contribution in [0.4, 0.5) is 5.69 Å². The third kappa shape index (κ3) is 5.70. The minimum atomic E-state index is 0. The molecule has 128 valence electrons. The summed E-state index contributed by atoms with van der Waals surface area (Å²) in [4.78, 5) is 4.88. The maximum absolute atomic E-state index is 5.83. The average molecular weight is 359 g/mol. The summed E-state index contributed by atoms with van der Waals surface area (Å²) in [6, 6.07) is 10.2. The monoisotopic (exact) mass is 358 g/mol. The average Bonchev–Trinajstić information content (AvgIpc) is 2.86. The van der Waals surface area contributed by atoms with E-state index in [9.17, 15) is 0 Å². The van der Waals surface area contributed by atoms with Crippen LogP contribution >= 0.6 is 24.8 Å². The first kappa shape index (κ1) is 19.8. The standard InChI is InChI=1S/C16H22N4O.2ClH/c1-13-9-16(21-18-13)12-20-7-5-19(6-8-20)11-14-3-2-4-15(17)10-14;;/h2-4,9-10H,5-8,11-12,17H2,1H3;2*1H. The van der Waals surface area contributed by atoms with Crippen molar-refractivity contribution in [1.29, 1.82) is 0 Å². The van der Waals surface area contributed by atoms with E-state index in [0.717, 1.165) is 56.4 Å². The molecule has 0 spiro atoms. The van der Waals surface area contributed by atoms with Crippen LogP contribution in [0.15, 0.2) is 34.9 Å². The molecule has 0 amide bonds. The quantitative estimate of drug-likeness (QED) is 0.851. The molecule has 7 heteroatoms. The zero-order valence-corrected chi connectivity index (χ0v) is 14.9. The number of nitrogen functional groups attached to an aromatic ring is 1. The largest absolute Gasteiger partial charge is 0.399 e. The molecular weight excluding hydrogens is 335 g/mol. The van der Waals surface area contributed by atoms with Gasteiger partial charge in [-0.15, -0.1) is 24.8 Å². The summed E-state index contributed by atoms with van der Waals surface area (Å²) in [7, 11) is 0. The van der Waals surface area contributed by atoms with Crippen molar-refractivity contribution in [3.8, 4) is 0 Å². The smallest absolute Gasteiger partial charge is 0.150 e. The lowest BCUT2D eigenvalue weighted by Gasteiger charge is -2.34. The molecule has 1 aromatic heterocycles. The van der Waals surface area contributed by atoms with Crippen molar-refractivity contribution in [2.75, 3.05) is 31.9 Å². The minimum Gasteiger partial charge on any atom is -0.399 e. The molecule has 2 N–H and O–H groups in total. The van der Waals surface area contributed by atoms with Crippen LogP contribution in [-0.4, -0.2) is 41.1 Å². The van der Waals surface area contributed by atoms with Crippen LogP contribution in [-0.2, 0) is 13.1 Å². The second-order valence-electron chi connectivity index (χ2n) is 5.73. The van der Waals surface area contributed by atoms with Gasteiger partial charge in [0.25, 0.3) is 0 Å². The minimum absolute atomic E-state index is 0. The van der Waals surface area contributed by atoms with Gasteiger partial charge in [-0.25, -0.2) is 0 Å². The van der Waals surface area contributed by atoms with Crippen LogP contribution in [0, 0.1) is 6.92 Å². The molecule has 3 rings (SSSR count). The summed E-state index contributed by atoms with van der Waals surface area (Å²) in [5.41, 5.74) is 8.91. The Bertz CT molecular complexity index is 597. The summed E-state index contributed by atoms with van der Waals surface area (Å²) in [5.74, 6) is 0.955. The van der Waals surface area contributed by atoms with E-state index in [0.29, 0.717) is 0 Å². The summed E-state index contributed by atoms with van der Waals surface area (Å²) in [5, 5.41) is 3.94. The highest BCUT2D eigenvalue weighted by Gasteiger charge is 2.18. The van der Waals surface area contributed by atoms with Gasteiger partial charge in [-0.05, 0) is 24.6 Å². The maximum atomic E-state index is 5.83. The third-order valence-corrected chi connectivity index (χ3v) is 3.88. The summed E-state index contributed by atoms with van der Waals surface area (Å²) >= 11 is 0. The molecule has 1 saturated heterocycles. The molecule has 0 aliphatic carbocycles. The Kier molecular flexibility index (Phi) is 7.85. The zero-order chi connectivity index (χ0) is 14.7. The molecule has 0 bridgehead atoms. The van der Waals surface area contributed by atoms with E-state index in [1.807, 2.05) is 25.1 Å². The van der Waals surface area contributed by atoms with Crippen molar-refractivity contribution >= 4 is 30.5 Å². The lowest BCUT2D eigenvalue weighted by molar-refractivity contribution is 0.113. The Morgan fingerprint density at radius 3 is 2.26 bits per heavy atom. The fourth-order valence-corrected chi connectivity index (χ4v) is 2.77. The topological polar surface area (TPSA) is 58.5 Å². The Hall–Kier alpha value is -1.27. The molecule has 1 fully saturated rings. The van der Waals surface area contributed by atoms with Gasteiger partial charge in [-0.1, -0.05) is 17.3 Å². The van der Waals surface area contributed by atoms with Gasteiger partial charge in [0, 0.05) is 44.5 Å².